The van der Waals surface area contributed by atoms with Gasteiger partial charge in [-0.25, -0.2) is 9.97 Å². The zero-order chi connectivity index (χ0) is 20.8. The van der Waals surface area contributed by atoms with Gasteiger partial charge < -0.3 is 24.8 Å². The van der Waals surface area contributed by atoms with E-state index in [9.17, 15) is 4.79 Å². The monoisotopic (exact) mass is 394 g/mol. The molecule has 2 aromatic carbocycles. The van der Waals surface area contributed by atoms with Crippen molar-refractivity contribution in [3.8, 4) is 17.2 Å². The van der Waals surface area contributed by atoms with Crippen LogP contribution in [0.3, 0.4) is 0 Å². The minimum atomic E-state index is -0.380. The van der Waals surface area contributed by atoms with Gasteiger partial charge in [0.05, 0.1) is 45.1 Å². The third-order valence-corrected chi connectivity index (χ3v) is 4.16. The fraction of sp³-hybridized carbons (Fsp3) is 0.190. The average Bonchev–Trinajstić information content (AvgIpc) is 2.74. The molecule has 0 saturated heterocycles. The second kappa shape index (κ2) is 8.92. The molecular formula is C21H22N4O4. The second-order valence-electron chi connectivity index (χ2n) is 6.14. The predicted molar refractivity (Wildman–Crippen MR) is 111 cm³/mol. The van der Waals surface area contributed by atoms with Gasteiger partial charge in [-0.15, -0.1) is 0 Å². The normalized spacial score (nSPS) is 10.2. The lowest BCUT2D eigenvalue weighted by Gasteiger charge is -2.12. The molecule has 0 radical (unpaired) electrons. The molecule has 0 unspecified atom stereocenters. The van der Waals surface area contributed by atoms with Gasteiger partial charge in [0.15, 0.2) is 0 Å². The molecule has 1 aromatic heterocycles. The predicted octanol–water partition coefficient (Wildman–Crippen LogP) is 3.81. The number of anilines is 3. The average molecular weight is 394 g/mol. The first-order chi connectivity index (χ1) is 14.0. The number of rotatable bonds is 7. The first-order valence-corrected chi connectivity index (χ1v) is 8.81. The van der Waals surface area contributed by atoms with Crippen LogP contribution in [0.5, 0.6) is 17.2 Å². The maximum Gasteiger partial charge on any atom is 0.275 e. The number of aryl methyl sites for hydroxylation is 1. The summed E-state index contributed by atoms with van der Waals surface area (Å²) in [5, 5.41) is 5.91. The molecule has 0 aliphatic rings. The van der Waals surface area contributed by atoms with Gasteiger partial charge in [0.2, 0.25) is 0 Å². The molecule has 0 spiro atoms. The van der Waals surface area contributed by atoms with Crippen molar-refractivity contribution in [1.29, 1.82) is 0 Å². The SMILES string of the molecule is COc1ccc(Nc2cnc(C(=O)Nc3cc(C)ccc3OC)cn2)c(OC)c1. The van der Waals surface area contributed by atoms with Crippen LogP contribution in [0.4, 0.5) is 17.2 Å². The number of nitrogens with one attached hydrogen (secondary N) is 2. The van der Waals surface area contributed by atoms with Crippen LogP contribution in [0.15, 0.2) is 48.8 Å². The van der Waals surface area contributed by atoms with Gasteiger partial charge >= 0.3 is 0 Å². The standard InChI is InChI=1S/C21H22N4O4/c1-13-5-8-18(28-3)16(9-13)25-21(26)17-11-23-20(12-22-17)24-15-7-6-14(27-2)10-19(15)29-4/h5-12H,1-4H3,(H,23,24)(H,25,26). The molecule has 3 aromatic rings. The van der Waals surface area contributed by atoms with E-state index < -0.39 is 0 Å². The molecule has 150 valence electrons. The summed E-state index contributed by atoms with van der Waals surface area (Å²) < 4.78 is 15.8. The molecule has 1 amide bonds. The van der Waals surface area contributed by atoms with E-state index in [4.69, 9.17) is 14.2 Å². The van der Waals surface area contributed by atoms with Crippen LogP contribution >= 0.6 is 0 Å². The largest absolute Gasteiger partial charge is 0.497 e. The number of carbonyl (C=O) groups excluding carboxylic acids is 1. The summed E-state index contributed by atoms with van der Waals surface area (Å²) >= 11 is 0. The van der Waals surface area contributed by atoms with Crippen LogP contribution in [-0.4, -0.2) is 37.2 Å². The molecular weight excluding hydrogens is 372 g/mol. The Hall–Kier alpha value is -3.81. The maximum absolute atomic E-state index is 12.5. The zero-order valence-corrected chi connectivity index (χ0v) is 16.6. The Labute approximate surface area is 168 Å². The highest BCUT2D eigenvalue weighted by molar-refractivity contribution is 6.03. The number of amides is 1. The number of benzene rings is 2. The number of carbonyl (C=O) groups is 1. The molecule has 0 aliphatic heterocycles. The van der Waals surface area contributed by atoms with Gasteiger partial charge in [-0.3, -0.25) is 4.79 Å². The van der Waals surface area contributed by atoms with Crippen molar-refractivity contribution in [2.45, 2.75) is 6.92 Å². The van der Waals surface area contributed by atoms with E-state index >= 15 is 0 Å². The Morgan fingerprint density at radius 1 is 0.862 bits per heavy atom. The molecule has 3 rings (SSSR count). The van der Waals surface area contributed by atoms with Crippen molar-refractivity contribution in [1.82, 2.24) is 9.97 Å². The van der Waals surface area contributed by atoms with Crippen LogP contribution in [0.25, 0.3) is 0 Å². The summed E-state index contributed by atoms with van der Waals surface area (Å²) in [6, 6.07) is 10.9. The summed E-state index contributed by atoms with van der Waals surface area (Å²) in [4.78, 5) is 21.0. The van der Waals surface area contributed by atoms with Crippen molar-refractivity contribution >= 4 is 23.1 Å². The van der Waals surface area contributed by atoms with Crippen molar-refractivity contribution in [3.05, 3.63) is 60.0 Å². The Kier molecular flexibility index (Phi) is 6.13. The van der Waals surface area contributed by atoms with Crippen LogP contribution in [-0.2, 0) is 0 Å². The Morgan fingerprint density at radius 3 is 2.31 bits per heavy atom. The smallest absolute Gasteiger partial charge is 0.275 e. The number of aromatic nitrogens is 2. The fourth-order valence-electron chi connectivity index (χ4n) is 2.66. The van der Waals surface area contributed by atoms with E-state index in [-0.39, 0.29) is 11.6 Å². The molecule has 0 fully saturated rings. The van der Waals surface area contributed by atoms with Crippen molar-refractivity contribution in [2.75, 3.05) is 32.0 Å². The van der Waals surface area contributed by atoms with Crippen LogP contribution in [0.2, 0.25) is 0 Å². The van der Waals surface area contributed by atoms with Gasteiger partial charge in [0.1, 0.15) is 28.8 Å². The number of methoxy groups -OCH3 is 3. The summed E-state index contributed by atoms with van der Waals surface area (Å²) in [5.74, 6) is 1.94. The lowest BCUT2D eigenvalue weighted by molar-refractivity contribution is 0.102. The van der Waals surface area contributed by atoms with Gasteiger partial charge in [0.25, 0.3) is 5.91 Å². The first-order valence-electron chi connectivity index (χ1n) is 8.81. The fourth-order valence-corrected chi connectivity index (χ4v) is 2.66. The highest BCUT2D eigenvalue weighted by Gasteiger charge is 2.13. The van der Waals surface area contributed by atoms with Gasteiger partial charge in [-0.2, -0.15) is 0 Å². The van der Waals surface area contributed by atoms with Crippen molar-refractivity contribution in [2.24, 2.45) is 0 Å². The number of hydrogen-bond donors (Lipinski definition) is 2. The molecule has 8 heteroatoms. The highest BCUT2D eigenvalue weighted by Crippen LogP contribution is 2.31. The number of ether oxygens (including phenoxy) is 3. The Balaban J connectivity index is 1.73. The van der Waals surface area contributed by atoms with E-state index in [2.05, 4.69) is 20.6 Å². The molecule has 1 heterocycles. The molecule has 0 atom stereocenters. The third kappa shape index (κ3) is 4.73. The van der Waals surface area contributed by atoms with E-state index in [0.717, 1.165) is 5.56 Å². The van der Waals surface area contributed by atoms with Crippen LogP contribution in [0, 0.1) is 6.92 Å². The molecule has 0 saturated carbocycles. The van der Waals surface area contributed by atoms with Gasteiger partial charge in [-0.05, 0) is 36.8 Å². The van der Waals surface area contributed by atoms with E-state index in [1.807, 2.05) is 25.1 Å². The highest BCUT2D eigenvalue weighted by atomic mass is 16.5. The van der Waals surface area contributed by atoms with Gasteiger partial charge in [-0.1, -0.05) is 6.07 Å². The summed E-state index contributed by atoms with van der Waals surface area (Å²) in [7, 11) is 4.70. The van der Waals surface area contributed by atoms with Crippen LogP contribution < -0.4 is 24.8 Å². The molecule has 8 nitrogen and oxygen atoms in total. The van der Waals surface area contributed by atoms with Crippen molar-refractivity contribution in [3.63, 3.8) is 0 Å². The minimum Gasteiger partial charge on any atom is -0.497 e. The molecule has 0 aliphatic carbocycles. The number of nitrogens with zero attached hydrogens (tertiary/aromatic N) is 2. The van der Waals surface area contributed by atoms with E-state index in [1.54, 1.807) is 39.5 Å². The first kappa shape index (κ1) is 19.9. The minimum absolute atomic E-state index is 0.181. The zero-order valence-electron chi connectivity index (χ0n) is 16.6. The molecule has 29 heavy (non-hydrogen) atoms. The quantitative estimate of drug-likeness (QED) is 0.629. The number of hydrogen-bond acceptors (Lipinski definition) is 7. The maximum atomic E-state index is 12.5. The van der Waals surface area contributed by atoms with Crippen molar-refractivity contribution < 1.29 is 19.0 Å². The lowest BCUT2D eigenvalue weighted by atomic mass is 10.2. The van der Waals surface area contributed by atoms with Crippen LogP contribution in [0.1, 0.15) is 16.1 Å². The summed E-state index contributed by atoms with van der Waals surface area (Å²) in [6.07, 6.45) is 2.88. The molecule has 0 bridgehead atoms. The van der Waals surface area contributed by atoms with Gasteiger partial charge in [0, 0.05) is 6.07 Å². The lowest BCUT2D eigenvalue weighted by Crippen LogP contribution is -2.15. The molecule has 2 N–H and O–H groups in total. The summed E-state index contributed by atoms with van der Waals surface area (Å²) in [5.41, 5.74) is 2.45. The summed E-state index contributed by atoms with van der Waals surface area (Å²) in [6.45, 7) is 1.93. The third-order valence-electron chi connectivity index (χ3n) is 4.16. The van der Waals surface area contributed by atoms with E-state index in [1.165, 1.54) is 12.4 Å². The van der Waals surface area contributed by atoms with E-state index in [0.29, 0.717) is 34.4 Å². The second-order valence-corrected chi connectivity index (χ2v) is 6.14. The Morgan fingerprint density at radius 2 is 1.66 bits per heavy atom. The topological polar surface area (TPSA) is 94.6 Å². The Bertz CT molecular complexity index is 1010.